The van der Waals surface area contributed by atoms with E-state index in [2.05, 4.69) is 12.1 Å². The van der Waals surface area contributed by atoms with Crippen LogP contribution in [0.5, 0.6) is 0 Å². The molecule has 0 radical (unpaired) electrons. The third kappa shape index (κ3) is 4.41. The molecular formula is C21H23N3O3S. The van der Waals surface area contributed by atoms with Gasteiger partial charge < -0.3 is 4.90 Å². The number of carbonyl (C=O) groups excluding carboxylic acids is 1. The van der Waals surface area contributed by atoms with Crippen molar-refractivity contribution in [3.05, 3.63) is 65.7 Å². The summed E-state index contributed by atoms with van der Waals surface area (Å²) in [4.78, 5) is 14.4. The van der Waals surface area contributed by atoms with E-state index in [1.54, 1.807) is 4.90 Å². The molecule has 1 fully saturated rings. The zero-order valence-corrected chi connectivity index (χ0v) is 16.6. The summed E-state index contributed by atoms with van der Waals surface area (Å²) in [7, 11) is -2.37. The van der Waals surface area contributed by atoms with E-state index < -0.39 is 10.0 Å². The van der Waals surface area contributed by atoms with Crippen LogP contribution in [0.4, 0.5) is 0 Å². The summed E-state index contributed by atoms with van der Waals surface area (Å²) in [6.45, 7) is 1.06. The molecule has 1 saturated heterocycles. The van der Waals surface area contributed by atoms with Gasteiger partial charge in [0.15, 0.2) is 0 Å². The molecule has 0 unspecified atom stereocenters. The van der Waals surface area contributed by atoms with Crippen LogP contribution < -0.4 is 0 Å². The van der Waals surface area contributed by atoms with Gasteiger partial charge in [0.2, 0.25) is 15.9 Å². The van der Waals surface area contributed by atoms with Crippen molar-refractivity contribution >= 4 is 15.9 Å². The SMILES string of the molecule is CN(CC(=O)N1CCC(c2ccccc2)CC1)S(=O)(=O)c1ccc(C#N)cc1. The summed E-state index contributed by atoms with van der Waals surface area (Å²) < 4.78 is 26.4. The average molecular weight is 398 g/mol. The van der Waals surface area contributed by atoms with Crippen molar-refractivity contribution in [2.45, 2.75) is 23.7 Å². The third-order valence-electron chi connectivity index (χ3n) is 5.17. The van der Waals surface area contributed by atoms with Crippen LogP contribution in [-0.4, -0.2) is 50.2 Å². The molecule has 3 rings (SSSR count). The lowest BCUT2D eigenvalue weighted by atomic mass is 9.89. The summed E-state index contributed by atoms with van der Waals surface area (Å²) in [6.07, 6.45) is 1.75. The van der Waals surface area contributed by atoms with Crippen molar-refractivity contribution in [2.75, 3.05) is 26.7 Å². The largest absolute Gasteiger partial charge is 0.342 e. The van der Waals surface area contributed by atoms with Gasteiger partial charge >= 0.3 is 0 Å². The smallest absolute Gasteiger partial charge is 0.243 e. The molecule has 0 spiro atoms. The van der Waals surface area contributed by atoms with Gasteiger partial charge in [-0.3, -0.25) is 4.79 Å². The maximum atomic E-state index is 12.7. The highest BCUT2D eigenvalue weighted by Crippen LogP contribution is 2.28. The van der Waals surface area contributed by atoms with E-state index in [1.165, 1.54) is 36.9 Å². The number of benzene rings is 2. The first-order valence-corrected chi connectivity index (χ1v) is 10.6. The highest BCUT2D eigenvalue weighted by atomic mass is 32.2. The number of amides is 1. The minimum absolute atomic E-state index is 0.0737. The molecule has 1 amide bonds. The Labute approximate surface area is 166 Å². The number of hydrogen-bond donors (Lipinski definition) is 0. The van der Waals surface area contributed by atoms with Crippen LogP contribution in [0, 0.1) is 11.3 Å². The molecule has 2 aromatic rings. The van der Waals surface area contributed by atoms with Gasteiger partial charge in [-0.1, -0.05) is 30.3 Å². The Morgan fingerprint density at radius 3 is 2.29 bits per heavy atom. The lowest BCUT2D eigenvalue weighted by molar-refractivity contribution is -0.132. The fraction of sp³-hybridized carbons (Fsp3) is 0.333. The molecule has 1 heterocycles. The molecule has 146 valence electrons. The van der Waals surface area contributed by atoms with Crippen molar-refractivity contribution in [1.29, 1.82) is 5.26 Å². The van der Waals surface area contributed by atoms with E-state index in [0.29, 0.717) is 24.6 Å². The second-order valence-electron chi connectivity index (χ2n) is 6.96. The predicted octanol–water partition coefficient (Wildman–Crippen LogP) is 2.58. The van der Waals surface area contributed by atoms with Gasteiger partial charge in [-0.2, -0.15) is 9.57 Å². The maximum Gasteiger partial charge on any atom is 0.243 e. The van der Waals surface area contributed by atoms with Crippen molar-refractivity contribution < 1.29 is 13.2 Å². The number of nitrogens with zero attached hydrogens (tertiary/aromatic N) is 3. The van der Waals surface area contributed by atoms with E-state index in [4.69, 9.17) is 5.26 Å². The fourth-order valence-corrected chi connectivity index (χ4v) is 4.56. The Morgan fingerprint density at radius 2 is 1.71 bits per heavy atom. The van der Waals surface area contributed by atoms with E-state index in [0.717, 1.165) is 17.1 Å². The second-order valence-corrected chi connectivity index (χ2v) is 9.01. The van der Waals surface area contributed by atoms with Gasteiger partial charge in [0.25, 0.3) is 0 Å². The van der Waals surface area contributed by atoms with E-state index in [1.807, 2.05) is 24.3 Å². The zero-order valence-electron chi connectivity index (χ0n) is 15.8. The number of carbonyl (C=O) groups is 1. The number of likely N-dealkylation sites (tertiary alicyclic amines) is 1. The van der Waals surface area contributed by atoms with Crippen molar-refractivity contribution in [3.63, 3.8) is 0 Å². The van der Waals surface area contributed by atoms with Crippen LogP contribution in [0.15, 0.2) is 59.5 Å². The molecule has 28 heavy (non-hydrogen) atoms. The molecule has 0 aliphatic carbocycles. The van der Waals surface area contributed by atoms with Crippen LogP contribution in [0.3, 0.4) is 0 Å². The quantitative estimate of drug-likeness (QED) is 0.777. The number of sulfonamides is 1. The molecule has 0 atom stereocenters. The van der Waals surface area contributed by atoms with Gasteiger partial charge in [-0.25, -0.2) is 8.42 Å². The molecule has 1 aliphatic rings. The topological polar surface area (TPSA) is 81.5 Å². The Balaban J connectivity index is 1.59. The zero-order chi connectivity index (χ0) is 20.1. The first-order valence-electron chi connectivity index (χ1n) is 9.21. The first kappa shape index (κ1) is 20.1. The lowest BCUT2D eigenvalue weighted by Gasteiger charge is -2.33. The highest BCUT2D eigenvalue weighted by Gasteiger charge is 2.28. The van der Waals surface area contributed by atoms with Crippen molar-refractivity contribution in [3.8, 4) is 6.07 Å². The molecule has 1 aliphatic heterocycles. The maximum absolute atomic E-state index is 12.7. The average Bonchev–Trinajstić information content (AvgIpc) is 2.74. The molecule has 0 aromatic heterocycles. The second kappa shape index (κ2) is 8.55. The van der Waals surface area contributed by atoms with Crippen molar-refractivity contribution in [1.82, 2.24) is 9.21 Å². The Hall–Kier alpha value is -2.69. The molecule has 7 heteroatoms. The molecule has 0 saturated carbocycles. The molecule has 2 aromatic carbocycles. The highest BCUT2D eigenvalue weighted by molar-refractivity contribution is 7.89. The number of piperidine rings is 1. The van der Waals surface area contributed by atoms with Gasteiger partial charge in [0, 0.05) is 20.1 Å². The summed E-state index contributed by atoms with van der Waals surface area (Å²) in [5.41, 5.74) is 1.68. The summed E-state index contributed by atoms with van der Waals surface area (Å²) in [5.74, 6) is 0.247. The van der Waals surface area contributed by atoms with Crippen LogP contribution in [0.2, 0.25) is 0 Å². The van der Waals surface area contributed by atoms with Crippen molar-refractivity contribution in [2.24, 2.45) is 0 Å². The standard InChI is InChI=1S/C21H23N3O3S/c1-23(28(26,27)20-9-7-17(15-22)8-10-20)16-21(25)24-13-11-19(12-14-24)18-5-3-2-4-6-18/h2-10,19H,11-14,16H2,1H3. The van der Waals surface area contributed by atoms with Crippen LogP contribution in [-0.2, 0) is 14.8 Å². The molecule has 0 bridgehead atoms. The Bertz CT molecular complexity index is 958. The van der Waals surface area contributed by atoms with Gasteiger partial charge in [0.05, 0.1) is 23.1 Å². The summed E-state index contributed by atoms with van der Waals surface area (Å²) in [6, 6.07) is 17.9. The van der Waals surface area contributed by atoms with Gasteiger partial charge in [-0.05, 0) is 48.6 Å². The third-order valence-corrected chi connectivity index (χ3v) is 6.99. The Kier molecular flexibility index (Phi) is 6.12. The van der Waals surface area contributed by atoms with E-state index >= 15 is 0 Å². The van der Waals surface area contributed by atoms with E-state index in [-0.39, 0.29) is 17.3 Å². The number of rotatable bonds is 5. The summed E-state index contributed by atoms with van der Waals surface area (Å²) >= 11 is 0. The summed E-state index contributed by atoms with van der Waals surface area (Å²) in [5, 5.41) is 8.84. The predicted molar refractivity (Wildman–Crippen MR) is 106 cm³/mol. The van der Waals surface area contributed by atoms with Crippen LogP contribution >= 0.6 is 0 Å². The minimum atomic E-state index is -3.78. The number of likely N-dealkylation sites (N-methyl/N-ethyl adjacent to an activating group) is 1. The van der Waals surface area contributed by atoms with Gasteiger partial charge in [0.1, 0.15) is 0 Å². The lowest BCUT2D eigenvalue weighted by Crippen LogP contribution is -2.44. The normalized spacial score (nSPS) is 15.4. The monoisotopic (exact) mass is 397 g/mol. The Morgan fingerprint density at radius 1 is 1.11 bits per heavy atom. The molecular weight excluding hydrogens is 374 g/mol. The van der Waals surface area contributed by atoms with Gasteiger partial charge in [-0.15, -0.1) is 0 Å². The van der Waals surface area contributed by atoms with Crippen LogP contribution in [0.25, 0.3) is 0 Å². The first-order chi connectivity index (χ1) is 13.4. The molecule has 6 nitrogen and oxygen atoms in total. The fourth-order valence-electron chi connectivity index (χ4n) is 3.44. The molecule has 0 N–H and O–H groups in total. The van der Waals surface area contributed by atoms with Crippen LogP contribution in [0.1, 0.15) is 29.9 Å². The number of hydrogen-bond acceptors (Lipinski definition) is 4. The number of nitriles is 1. The minimum Gasteiger partial charge on any atom is -0.342 e. The van der Waals surface area contributed by atoms with E-state index in [9.17, 15) is 13.2 Å².